The number of rotatable bonds is 10. The van der Waals surface area contributed by atoms with E-state index >= 15 is 0 Å². The van der Waals surface area contributed by atoms with E-state index in [0.29, 0.717) is 28.2 Å². The van der Waals surface area contributed by atoms with Crippen LogP contribution < -0.4 is 5.32 Å². The molecule has 2 heterocycles. The van der Waals surface area contributed by atoms with Crippen molar-refractivity contribution in [2.24, 2.45) is 0 Å². The average molecular weight is 469 g/mol. The number of anilines is 1. The molecule has 0 spiro atoms. The monoisotopic (exact) mass is 468 g/mol. The van der Waals surface area contributed by atoms with Gasteiger partial charge in [0.05, 0.1) is 12.4 Å². The minimum atomic E-state index is -0.449. The van der Waals surface area contributed by atoms with E-state index in [1.54, 1.807) is 6.92 Å². The Bertz CT molecular complexity index is 1120. The maximum absolute atomic E-state index is 12.7. The van der Waals surface area contributed by atoms with E-state index in [1.807, 2.05) is 46.4 Å². The number of carbonyl (C=O) groups excluding carboxylic acids is 2. The van der Waals surface area contributed by atoms with Gasteiger partial charge in [-0.15, -0.1) is 28.1 Å². The molecule has 0 saturated heterocycles. The molecular weight excluding hydrogens is 444 g/mol. The Hall–Kier alpha value is -2.91. The number of hydrogen-bond donors (Lipinski definition) is 1. The predicted molar refractivity (Wildman–Crippen MR) is 127 cm³/mol. The van der Waals surface area contributed by atoms with Gasteiger partial charge in [-0.2, -0.15) is 0 Å². The van der Waals surface area contributed by atoms with Gasteiger partial charge in [0.25, 0.3) is 0 Å². The molecule has 4 rings (SSSR count). The van der Waals surface area contributed by atoms with E-state index < -0.39 is 5.97 Å². The standard InChI is InChI=1S/C23H24N4O3S2/c1-3-12-27-20(16-10-11-16)25-26-23(27)32-14-18(28)24-21-19(22(29)30-4-2)17(13-31-21)15-8-6-5-7-9-15/h3,5-9,13,16H,1,4,10-12,14H2,2H3,(H,24,28). The van der Waals surface area contributed by atoms with Crippen LogP contribution in [0.3, 0.4) is 0 Å². The van der Waals surface area contributed by atoms with E-state index in [0.717, 1.165) is 29.8 Å². The summed E-state index contributed by atoms with van der Waals surface area (Å²) in [6.07, 6.45) is 4.06. The largest absolute Gasteiger partial charge is 0.462 e. The van der Waals surface area contributed by atoms with Gasteiger partial charge < -0.3 is 14.6 Å². The molecule has 0 atom stereocenters. The second kappa shape index (κ2) is 10.1. The van der Waals surface area contributed by atoms with Crippen molar-refractivity contribution in [3.63, 3.8) is 0 Å². The summed E-state index contributed by atoms with van der Waals surface area (Å²) in [7, 11) is 0. The summed E-state index contributed by atoms with van der Waals surface area (Å²) in [5.41, 5.74) is 2.02. The fourth-order valence-electron chi connectivity index (χ4n) is 3.33. The highest BCUT2D eigenvalue weighted by molar-refractivity contribution is 7.99. The molecule has 0 unspecified atom stereocenters. The molecule has 0 aliphatic heterocycles. The Kier molecular flexibility index (Phi) is 7.06. The highest BCUT2D eigenvalue weighted by atomic mass is 32.2. The Labute approximate surface area is 194 Å². The van der Waals surface area contributed by atoms with Crippen LogP contribution in [0.1, 0.15) is 41.9 Å². The molecule has 0 bridgehead atoms. The summed E-state index contributed by atoms with van der Waals surface area (Å²) >= 11 is 2.64. The molecule has 0 radical (unpaired) electrons. The first-order valence-corrected chi connectivity index (χ1v) is 12.3. The van der Waals surface area contributed by atoms with Gasteiger partial charge in [-0.1, -0.05) is 48.2 Å². The van der Waals surface area contributed by atoms with E-state index in [9.17, 15) is 9.59 Å². The van der Waals surface area contributed by atoms with E-state index in [4.69, 9.17) is 4.74 Å². The molecule has 1 N–H and O–H groups in total. The van der Waals surface area contributed by atoms with Gasteiger partial charge in [0.1, 0.15) is 16.4 Å². The SMILES string of the molecule is C=CCn1c(SCC(=O)Nc2scc(-c3ccccc3)c2C(=O)OCC)nnc1C1CC1. The van der Waals surface area contributed by atoms with Crippen LogP contribution in [0.25, 0.3) is 11.1 Å². The molecule has 32 heavy (non-hydrogen) atoms. The lowest BCUT2D eigenvalue weighted by atomic mass is 10.0. The van der Waals surface area contributed by atoms with E-state index in [-0.39, 0.29) is 18.3 Å². The predicted octanol–water partition coefficient (Wildman–Crippen LogP) is 4.98. The third-order valence-corrected chi connectivity index (χ3v) is 6.80. The summed E-state index contributed by atoms with van der Waals surface area (Å²) in [6, 6.07) is 9.59. The Morgan fingerprint density at radius 2 is 2.09 bits per heavy atom. The second-order valence-electron chi connectivity index (χ2n) is 7.29. The smallest absolute Gasteiger partial charge is 0.341 e. The van der Waals surface area contributed by atoms with Crippen molar-refractivity contribution in [3.8, 4) is 11.1 Å². The third-order valence-electron chi connectivity index (χ3n) is 4.94. The highest BCUT2D eigenvalue weighted by Crippen LogP contribution is 2.40. The van der Waals surface area contributed by atoms with Crippen LogP contribution in [0.15, 0.2) is 53.5 Å². The summed E-state index contributed by atoms with van der Waals surface area (Å²) < 4.78 is 7.27. The third kappa shape index (κ3) is 4.94. The zero-order valence-electron chi connectivity index (χ0n) is 17.7. The molecule has 1 aromatic carbocycles. The van der Waals surface area contributed by atoms with Crippen LogP contribution in [-0.4, -0.2) is 39.0 Å². The highest BCUT2D eigenvalue weighted by Gasteiger charge is 2.30. The quantitative estimate of drug-likeness (QED) is 0.257. The summed E-state index contributed by atoms with van der Waals surface area (Å²) in [5, 5.41) is 14.5. The molecule has 1 aliphatic carbocycles. The normalized spacial score (nSPS) is 13.0. The fraction of sp³-hybridized carbons (Fsp3) is 0.304. The number of thioether (sulfide) groups is 1. The van der Waals surface area contributed by atoms with Crippen LogP contribution in [0.2, 0.25) is 0 Å². The van der Waals surface area contributed by atoms with Gasteiger partial charge in [-0.3, -0.25) is 4.79 Å². The Balaban J connectivity index is 1.49. The van der Waals surface area contributed by atoms with Gasteiger partial charge in [-0.25, -0.2) is 4.79 Å². The zero-order valence-corrected chi connectivity index (χ0v) is 19.4. The fourth-order valence-corrected chi connectivity index (χ4v) is 5.06. The lowest BCUT2D eigenvalue weighted by molar-refractivity contribution is -0.113. The number of benzene rings is 1. The molecule has 7 nitrogen and oxygen atoms in total. The number of aromatic nitrogens is 3. The number of esters is 1. The van der Waals surface area contributed by atoms with Gasteiger partial charge >= 0.3 is 5.97 Å². The van der Waals surface area contributed by atoms with Crippen LogP contribution >= 0.6 is 23.1 Å². The molecule has 1 amide bonds. The number of hydrogen-bond acceptors (Lipinski definition) is 7. The number of carbonyl (C=O) groups is 2. The molecule has 3 aromatic rings. The Morgan fingerprint density at radius 3 is 2.78 bits per heavy atom. The average Bonchev–Trinajstić information content (AvgIpc) is 3.43. The van der Waals surface area contributed by atoms with Crippen LogP contribution in [0, 0.1) is 0 Å². The minimum absolute atomic E-state index is 0.154. The zero-order chi connectivity index (χ0) is 22.5. The lowest BCUT2D eigenvalue weighted by Crippen LogP contribution is -2.17. The van der Waals surface area contributed by atoms with Crippen LogP contribution in [0.4, 0.5) is 5.00 Å². The number of nitrogens with zero attached hydrogens (tertiary/aromatic N) is 3. The van der Waals surface area contributed by atoms with Crippen molar-refractivity contribution in [2.45, 2.75) is 37.4 Å². The second-order valence-corrected chi connectivity index (χ2v) is 9.11. The van der Waals surface area contributed by atoms with Gasteiger partial charge in [0.2, 0.25) is 5.91 Å². The molecule has 166 valence electrons. The number of amides is 1. The van der Waals surface area contributed by atoms with E-state index in [2.05, 4.69) is 22.1 Å². The molecule has 9 heteroatoms. The topological polar surface area (TPSA) is 86.1 Å². The van der Waals surface area contributed by atoms with Crippen molar-refractivity contribution in [1.29, 1.82) is 0 Å². The molecule has 1 aliphatic rings. The molecule has 1 fully saturated rings. The lowest BCUT2D eigenvalue weighted by Gasteiger charge is -2.09. The minimum Gasteiger partial charge on any atom is -0.462 e. The number of ether oxygens (including phenoxy) is 1. The van der Waals surface area contributed by atoms with Gasteiger partial charge in [-0.05, 0) is 25.3 Å². The van der Waals surface area contributed by atoms with Crippen molar-refractivity contribution in [2.75, 3.05) is 17.7 Å². The first-order valence-electron chi connectivity index (χ1n) is 10.4. The number of allylic oxidation sites excluding steroid dienone is 1. The molecule has 1 saturated carbocycles. The number of thiophene rings is 1. The van der Waals surface area contributed by atoms with Crippen molar-refractivity contribution < 1.29 is 14.3 Å². The first kappa shape index (κ1) is 22.3. The van der Waals surface area contributed by atoms with Crippen molar-refractivity contribution in [1.82, 2.24) is 14.8 Å². The number of nitrogens with one attached hydrogen (secondary N) is 1. The molecule has 2 aromatic heterocycles. The van der Waals surface area contributed by atoms with Gasteiger partial charge in [0, 0.05) is 23.4 Å². The van der Waals surface area contributed by atoms with Crippen LogP contribution in [-0.2, 0) is 16.1 Å². The Morgan fingerprint density at radius 1 is 1.31 bits per heavy atom. The summed E-state index contributed by atoms with van der Waals surface area (Å²) in [5.74, 6) is 0.905. The van der Waals surface area contributed by atoms with E-state index in [1.165, 1.54) is 23.1 Å². The first-order chi connectivity index (χ1) is 15.6. The summed E-state index contributed by atoms with van der Waals surface area (Å²) in [4.78, 5) is 25.4. The molecular formula is C23H24N4O3S2. The van der Waals surface area contributed by atoms with Crippen molar-refractivity contribution in [3.05, 3.63) is 59.8 Å². The van der Waals surface area contributed by atoms with Gasteiger partial charge in [0.15, 0.2) is 5.16 Å². The summed E-state index contributed by atoms with van der Waals surface area (Å²) in [6.45, 7) is 6.44. The van der Waals surface area contributed by atoms with Crippen molar-refractivity contribution >= 4 is 40.0 Å². The van der Waals surface area contributed by atoms with Crippen LogP contribution in [0.5, 0.6) is 0 Å². The maximum Gasteiger partial charge on any atom is 0.341 e. The maximum atomic E-state index is 12.7.